The molecule has 1 spiro atoms. The highest BCUT2D eigenvalue weighted by atomic mass is 32.2. The number of likely N-dealkylation sites (tertiary alicyclic amines) is 1. The predicted octanol–water partition coefficient (Wildman–Crippen LogP) is 2.16. The van der Waals surface area contributed by atoms with Crippen LogP contribution in [0.1, 0.15) is 28.1 Å². The second-order valence-electron chi connectivity index (χ2n) is 7.38. The molecule has 1 aromatic rings. The summed E-state index contributed by atoms with van der Waals surface area (Å²) in [6.45, 7) is 4.10. The largest absolute Gasteiger partial charge is 0.369 e. The van der Waals surface area contributed by atoms with Crippen LogP contribution in [0.5, 0.6) is 0 Å². The number of aryl methyl sites for hydroxylation is 1. The summed E-state index contributed by atoms with van der Waals surface area (Å²) in [5.74, 6) is 1.41. The molecule has 1 aromatic heterocycles. The van der Waals surface area contributed by atoms with Crippen molar-refractivity contribution in [1.29, 1.82) is 0 Å². The molecule has 0 radical (unpaired) electrons. The minimum Gasteiger partial charge on any atom is -0.369 e. The van der Waals surface area contributed by atoms with Gasteiger partial charge >= 0.3 is 0 Å². The van der Waals surface area contributed by atoms with Gasteiger partial charge in [0.05, 0.1) is 28.9 Å². The molecule has 4 rings (SSSR count). The van der Waals surface area contributed by atoms with Crippen LogP contribution in [0, 0.1) is 18.8 Å². The SMILES string of the molecule is CSCC(=O)N1C[C@@H]2[C@H](CNC(=O)c3sccc3C)[C@H]3CC[C@]2(C1)O3. The Bertz CT molecular complexity index is 692. The zero-order valence-electron chi connectivity index (χ0n) is 14.6. The van der Waals surface area contributed by atoms with Crippen molar-refractivity contribution in [2.24, 2.45) is 11.8 Å². The maximum atomic E-state index is 12.4. The van der Waals surface area contributed by atoms with Crippen molar-refractivity contribution < 1.29 is 14.3 Å². The van der Waals surface area contributed by atoms with Gasteiger partial charge in [-0.15, -0.1) is 11.3 Å². The van der Waals surface area contributed by atoms with Crippen LogP contribution in [-0.4, -0.2) is 60.1 Å². The number of carbonyl (C=O) groups is 2. The highest BCUT2D eigenvalue weighted by Gasteiger charge is 2.63. The average Bonchev–Trinajstić information content (AvgIpc) is 3.32. The van der Waals surface area contributed by atoms with E-state index in [1.54, 1.807) is 11.8 Å². The van der Waals surface area contributed by atoms with Gasteiger partial charge in [-0.1, -0.05) is 0 Å². The monoisotopic (exact) mass is 380 g/mol. The Morgan fingerprint density at radius 3 is 3.08 bits per heavy atom. The summed E-state index contributed by atoms with van der Waals surface area (Å²) in [6, 6.07) is 1.97. The van der Waals surface area contributed by atoms with Crippen molar-refractivity contribution in [3.8, 4) is 0 Å². The second kappa shape index (κ2) is 6.59. The number of rotatable bonds is 5. The number of carbonyl (C=O) groups excluding carboxylic acids is 2. The van der Waals surface area contributed by atoms with E-state index in [0.29, 0.717) is 24.1 Å². The van der Waals surface area contributed by atoms with Gasteiger partial charge in [-0.2, -0.15) is 11.8 Å². The van der Waals surface area contributed by atoms with Crippen LogP contribution < -0.4 is 5.32 Å². The summed E-state index contributed by atoms with van der Waals surface area (Å²) in [7, 11) is 0. The smallest absolute Gasteiger partial charge is 0.261 e. The molecule has 3 fully saturated rings. The van der Waals surface area contributed by atoms with Gasteiger partial charge in [0.15, 0.2) is 0 Å². The lowest BCUT2D eigenvalue weighted by Gasteiger charge is -2.29. The first-order valence-corrected chi connectivity index (χ1v) is 11.1. The summed E-state index contributed by atoms with van der Waals surface area (Å²) in [6.07, 6.45) is 4.27. The van der Waals surface area contributed by atoms with Crippen molar-refractivity contribution in [3.05, 3.63) is 21.9 Å². The van der Waals surface area contributed by atoms with E-state index in [1.807, 2.05) is 29.5 Å². The van der Waals surface area contributed by atoms with Gasteiger partial charge < -0.3 is 15.0 Å². The third-order valence-electron chi connectivity index (χ3n) is 5.97. The second-order valence-corrected chi connectivity index (χ2v) is 9.16. The van der Waals surface area contributed by atoms with Crippen molar-refractivity contribution in [1.82, 2.24) is 10.2 Å². The van der Waals surface area contributed by atoms with E-state index in [-0.39, 0.29) is 23.5 Å². The maximum Gasteiger partial charge on any atom is 0.261 e. The quantitative estimate of drug-likeness (QED) is 0.850. The lowest BCUT2D eigenvalue weighted by molar-refractivity contribution is -0.128. The van der Waals surface area contributed by atoms with Gasteiger partial charge in [0.1, 0.15) is 0 Å². The van der Waals surface area contributed by atoms with E-state index in [9.17, 15) is 9.59 Å². The Kier molecular flexibility index (Phi) is 4.58. The van der Waals surface area contributed by atoms with Crippen LogP contribution in [0.3, 0.4) is 0 Å². The van der Waals surface area contributed by atoms with Gasteiger partial charge in [-0.25, -0.2) is 0 Å². The lowest BCUT2D eigenvalue weighted by Crippen LogP contribution is -2.41. The van der Waals surface area contributed by atoms with Crippen LogP contribution in [0.15, 0.2) is 11.4 Å². The van der Waals surface area contributed by atoms with Crippen molar-refractivity contribution in [2.45, 2.75) is 31.5 Å². The van der Waals surface area contributed by atoms with Gasteiger partial charge in [0, 0.05) is 24.9 Å². The third kappa shape index (κ3) is 2.90. The first-order valence-electron chi connectivity index (χ1n) is 8.81. The number of thioether (sulfide) groups is 1. The zero-order valence-corrected chi connectivity index (χ0v) is 16.3. The van der Waals surface area contributed by atoms with E-state index in [4.69, 9.17) is 4.74 Å². The topological polar surface area (TPSA) is 58.6 Å². The van der Waals surface area contributed by atoms with Gasteiger partial charge in [-0.05, 0) is 43.0 Å². The van der Waals surface area contributed by atoms with Gasteiger partial charge in [-0.3, -0.25) is 9.59 Å². The van der Waals surface area contributed by atoms with Crippen LogP contribution in [0.2, 0.25) is 0 Å². The van der Waals surface area contributed by atoms with E-state index in [0.717, 1.165) is 36.4 Å². The maximum absolute atomic E-state index is 12.4. The molecule has 7 heteroatoms. The Hall–Kier alpha value is -1.05. The molecule has 3 aliphatic heterocycles. The number of hydrogen-bond acceptors (Lipinski definition) is 5. The van der Waals surface area contributed by atoms with Gasteiger partial charge in [0.25, 0.3) is 5.91 Å². The van der Waals surface area contributed by atoms with E-state index in [2.05, 4.69) is 5.32 Å². The number of hydrogen-bond donors (Lipinski definition) is 1. The molecule has 0 aliphatic carbocycles. The molecule has 2 amide bonds. The highest BCUT2D eigenvalue weighted by molar-refractivity contribution is 7.99. The molecule has 4 atom stereocenters. The minimum absolute atomic E-state index is 0.0117. The van der Waals surface area contributed by atoms with Crippen molar-refractivity contribution in [3.63, 3.8) is 0 Å². The number of ether oxygens (including phenoxy) is 1. The number of thiophene rings is 1. The van der Waals surface area contributed by atoms with Crippen molar-refractivity contribution in [2.75, 3.05) is 31.6 Å². The van der Waals surface area contributed by atoms with E-state index in [1.165, 1.54) is 11.3 Å². The first-order chi connectivity index (χ1) is 12.0. The molecule has 136 valence electrons. The fourth-order valence-electron chi connectivity index (χ4n) is 4.76. The van der Waals surface area contributed by atoms with E-state index < -0.39 is 0 Å². The summed E-state index contributed by atoms with van der Waals surface area (Å²) in [4.78, 5) is 27.5. The minimum atomic E-state index is -0.160. The molecule has 25 heavy (non-hydrogen) atoms. The molecule has 1 N–H and O–H groups in total. The van der Waals surface area contributed by atoms with Crippen molar-refractivity contribution >= 4 is 34.9 Å². The molecule has 3 saturated heterocycles. The molecule has 4 heterocycles. The zero-order chi connectivity index (χ0) is 17.6. The van der Waals surface area contributed by atoms with Gasteiger partial charge in [0.2, 0.25) is 5.91 Å². The number of amides is 2. The number of fused-ring (bicyclic) bond motifs is 1. The lowest BCUT2D eigenvalue weighted by atomic mass is 9.73. The summed E-state index contributed by atoms with van der Waals surface area (Å²) >= 11 is 3.05. The first kappa shape index (κ1) is 17.4. The Morgan fingerprint density at radius 1 is 1.52 bits per heavy atom. The molecule has 2 bridgehead atoms. The highest BCUT2D eigenvalue weighted by Crippen LogP contribution is 2.54. The third-order valence-corrected chi connectivity index (χ3v) is 7.52. The molecular weight excluding hydrogens is 356 g/mol. The summed E-state index contributed by atoms with van der Waals surface area (Å²) in [5, 5.41) is 5.07. The standard InChI is InChI=1S/C18H24N2O3S2/c1-11-4-6-25-16(11)17(22)19-7-12-13-8-20(15(21)9-24-2)10-18(13)5-3-14(12)23-18/h4,6,12-14H,3,5,7-10H2,1-2H3,(H,19,22)/t12-,13+,14+,18+/m0/s1. The normalized spacial score (nSPS) is 32.9. The molecule has 5 nitrogen and oxygen atoms in total. The Labute approximate surface area is 156 Å². The summed E-state index contributed by atoms with van der Waals surface area (Å²) in [5.41, 5.74) is 0.866. The van der Waals surface area contributed by atoms with Crippen LogP contribution >= 0.6 is 23.1 Å². The molecule has 0 aromatic carbocycles. The molecule has 0 unspecified atom stereocenters. The molecule has 0 saturated carbocycles. The molecule has 3 aliphatic rings. The number of nitrogens with zero attached hydrogens (tertiary/aromatic N) is 1. The fourth-order valence-corrected chi connectivity index (χ4v) is 6.04. The van der Waals surface area contributed by atoms with Crippen LogP contribution in [-0.2, 0) is 9.53 Å². The Morgan fingerprint density at radius 2 is 2.36 bits per heavy atom. The average molecular weight is 381 g/mol. The predicted molar refractivity (Wildman–Crippen MR) is 100 cm³/mol. The fraction of sp³-hybridized carbons (Fsp3) is 0.667. The number of nitrogens with one attached hydrogen (secondary N) is 1. The van der Waals surface area contributed by atoms with E-state index >= 15 is 0 Å². The summed E-state index contributed by atoms with van der Waals surface area (Å²) < 4.78 is 6.35. The Balaban J connectivity index is 1.42. The molecular formula is C18H24N2O3S2. The van der Waals surface area contributed by atoms with Crippen LogP contribution in [0.4, 0.5) is 0 Å². The van der Waals surface area contributed by atoms with Crippen LogP contribution in [0.25, 0.3) is 0 Å².